The van der Waals surface area contributed by atoms with E-state index in [0.717, 1.165) is 26.1 Å². The lowest BCUT2D eigenvalue weighted by Gasteiger charge is -2.32. The van der Waals surface area contributed by atoms with Gasteiger partial charge in [-0.15, -0.1) is 12.4 Å². The van der Waals surface area contributed by atoms with Crippen molar-refractivity contribution >= 4 is 18.3 Å². The molecule has 0 spiro atoms. The second kappa shape index (κ2) is 9.59. The Kier molecular flexibility index (Phi) is 9.42. The lowest BCUT2D eigenvalue weighted by Crippen LogP contribution is -2.47. The summed E-state index contributed by atoms with van der Waals surface area (Å²) in [6, 6.07) is 0.462. The summed E-state index contributed by atoms with van der Waals surface area (Å²) in [6.07, 6.45) is 2.79. The number of rotatable bonds is 6. The van der Waals surface area contributed by atoms with E-state index in [-0.39, 0.29) is 18.3 Å². The summed E-state index contributed by atoms with van der Waals surface area (Å²) in [5.41, 5.74) is 0. The van der Waals surface area contributed by atoms with Crippen LogP contribution in [0.15, 0.2) is 0 Å². The predicted molar refractivity (Wildman–Crippen MR) is 76.2 cm³/mol. The zero-order valence-corrected chi connectivity index (χ0v) is 12.6. The highest BCUT2D eigenvalue weighted by molar-refractivity contribution is 5.85. The normalized spacial score (nSPS) is 19.8. The summed E-state index contributed by atoms with van der Waals surface area (Å²) in [4.78, 5) is 13.9. The Morgan fingerprint density at radius 1 is 1.50 bits per heavy atom. The van der Waals surface area contributed by atoms with E-state index >= 15 is 0 Å². The summed E-state index contributed by atoms with van der Waals surface area (Å²) in [5, 5.41) is 3.25. The van der Waals surface area contributed by atoms with Crippen molar-refractivity contribution in [1.29, 1.82) is 0 Å². The fraction of sp³-hybridized carbons (Fsp3) is 0.923. The molecule has 1 aliphatic heterocycles. The standard InChI is InChI=1S/C13H26N2O2.ClH/c1-11(2)10-17-8-6-13(16)15-7-4-5-12(9-15)14-3;/h11-12,14H,4-10H2,1-3H3;1H. The number of amides is 1. The molecule has 18 heavy (non-hydrogen) atoms. The van der Waals surface area contributed by atoms with Gasteiger partial charge >= 0.3 is 0 Å². The number of hydrogen-bond donors (Lipinski definition) is 1. The van der Waals surface area contributed by atoms with E-state index in [1.165, 1.54) is 6.42 Å². The summed E-state index contributed by atoms with van der Waals surface area (Å²) < 4.78 is 5.45. The topological polar surface area (TPSA) is 41.6 Å². The average molecular weight is 279 g/mol. The molecular formula is C13H27ClN2O2. The third-order valence-electron chi connectivity index (χ3n) is 3.09. The van der Waals surface area contributed by atoms with Crippen LogP contribution in [-0.2, 0) is 9.53 Å². The van der Waals surface area contributed by atoms with Gasteiger partial charge in [0.15, 0.2) is 0 Å². The molecule has 1 fully saturated rings. The van der Waals surface area contributed by atoms with Crippen LogP contribution < -0.4 is 5.32 Å². The molecule has 0 radical (unpaired) electrons. The molecule has 4 nitrogen and oxygen atoms in total. The maximum atomic E-state index is 11.9. The molecule has 0 aromatic heterocycles. The minimum Gasteiger partial charge on any atom is -0.381 e. The zero-order chi connectivity index (χ0) is 12.7. The first kappa shape index (κ1) is 17.7. The summed E-state index contributed by atoms with van der Waals surface area (Å²) in [5.74, 6) is 0.766. The third-order valence-corrected chi connectivity index (χ3v) is 3.09. The Morgan fingerprint density at radius 2 is 2.22 bits per heavy atom. The van der Waals surface area contributed by atoms with E-state index in [0.29, 0.717) is 25.0 Å². The highest BCUT2D eigenvalue weighted by Gasteiger charge is 2.21. The molecular weight excluding hydrogens is 252 g/mol. The quantitative estimate of drug-likeness (QED) is 0.752. The molecule has 0 aromatic rings. The van der Waals surface area contributed by atoms with Crippen LogP contribution in [0.25, 0.3) is 0 Å². The highest BCUT2D eigenvalue weighted by Crippen LogP contribution is 2.10. The lowest BCUT2D eigenvalue weighted by molar-refractivity contribution is -0.133. The van der Waals surface area contributed by atoms with Crippen molar-refractivity contribution in [3.05, 3.63) is 0 Å². The molecule has 1 amide bonds. The Labute approximate surface area is 117 Å². The first-order valence-electron chi connectivity index (χ1n) is 6.66. The largest absolute Gasteiger partial charge is 0.381 e. The van der Waals surface area contributed by atoms with Crippen molar-refractivity contribution in [1.82, 2.24) is 10.2 Å². The number of likely N-dealkylation sites (N-methyl/N-ethyl adjacent to an activating group) is 1. The van der Waals surface area contributed by atoms with Crippen LogP contribution in [0.2, 0.25) is 0 Å². The number of nitrogens with zero attached hydrogens (tertiary/aromatic N) is 1. The summed E-state index contributed by atoms with van der Waals surface area (Å²) >= 11 is 0. The minimum atomic E-state index is 0. The van der Waals surface area contributed by atoms with Crippen LogP contribution in [0.1, 0.15) is 33.1 Å². The first-order chi connectivity index (χ1) is 8.13. The maximum absolute atomic E-state index is 11.9. The molecule has 0 aliphatic carbocycles. The van der Waals surface area contributed by atoms with Crippen LogP contribution in [0.5, 0.6) is 0 Å². The van der Waals surface area contributed by atoms with Crippen molar-refractivity contribution in [3.63, 3.8) is 0 Å². The fourth-order valence-corrected chi connectivity index (χ4v) is 2.08. The molecule has 1 N–H and O–H groups in total. The van der Waals surface area contributed by atoms with Crippen LogP contribution >= 0.6 is 12.4 Å². The molecule has 1 atom stereocenters. The second-order valence-corrected chi connectivity index (χ2v) is 5.19. The van der Waals surface area contributed by atoms with Gasteiger partial charge in [0, 0.05) is 25.7 Å². The molecule has 0 aromatic carbocycles. The lowest BCUT2D eigenvalue weighted by atomic mass is 10.1. The van der Waals surface area contributed by atoms with Gasteiger partial charge in [0.2, 0.25) is 5.91 Å². The number of piperidine rings is 1. The number of likely N-dealkylation sites (tertiary alicyclic amines) is 1. The van der Waals surface area contributed by atoms with Gasteiger partial charge < -0.3 is 15.0 Å². The molecule has 0 bridgehead atoms. The van der Waals surface area contributed by atoms with E-state index in [1.807, 2.05) is 11.9 Å². The molecule has 108 valence electrons. The molecule has 1 saturated heterocycles. The third kappa shape index (κ3) is 6.57. The first-order valence-corrected chi connectivity index (χ1v) is 6.66. The SMILES string of the molecule is CNC1CCCN(C(=O)CCOCC(C)C)C1.Cl. The molecule has 1 heterocycles. The zero-order valence-electron chi connectivity index (χ0n) is 11.8. The maximum Gasteiger partial charge on any atom is 0.224 e. The number of ether oxygens (including phenoxy) is 1. The van der Waals surface area contributed by atoms with Crippen LogP contribution in [0, 0.1) is 5.92 Å². The number of carbonyl (C=O) groups is 1. The van der Waals surface area contributed by atoms with E-state index in [9.17, 15) is 4.79 Å². The van der Waals surface area contributed by atoms with Gasteiger partial charge in [-0.1, -0.05) is 13.8 Å². The fourth-order valence-electron chi connectivity index (χ4n) is 2.08. The second-order valence-electron chi connectivity index (χ2n) is 5.19. The monoisotopic (exact) mass is 278 g/mol. The van der Waals surface area contributed by atoms with Crippen molar-refractivity contribution in [3.8, 4) is 0 Å². The van der Waals surface area contributed by atoms with Gasteiger partial charge in [-0.3, -0.25) is 4.79 Å². The van der Waals surface area contributed by atoms with Crippen LogP contribution in [0.4, 0.5) is 0 Å². The minimum absolute atomic E-state index is 0. The van der Waals surface area contributed by atoms with Crippen molar-refractivity contribution in [2.24, 2.45) is 5.92 Å². The van der Waals surface area contributed by atoms with Gasteiger partial charge in [0.25, 0.3) is 0 Å². The average Bonchev–Trinajstić information content (AvgIpc) is 2.34. The Morgan fingerprint density at radius 3 is 2.83 bits per heavy atom. The Bertz CT molecular complexity index is 237. The van der Waals surface area contributed by atoms with Crippen LogP contribution in [0.3, 0.4) is 0 Å². The van der Waals surface area contributed by atoms with Crippen molar-refractivity contribution in [2.45, 2.75) is 39.2 Å². The molecule has 1 rings (SSSR count). The Hall–Kier alpha value is -0.320. The molecule has 0 saturated carbocycles. The number of carbonyl (C=O) groups excluding carboxylic acids is 1. The van der Waals surface area contributed by atoms with Gasteiger partial charge in [0.05, 0.1) is 13.0 Å². The van der Waals surface area contributed by atoms with Crippen molar-refractivity contribution < 1.29 is 9.53 Å². The number of nitrogens with one attached hydrogen (secondary N) is 1. The Balaban J connectivity index is 0.00000289. The van der Waals surface area contributed by atoms with E-state index in [1.54, 1.807) is 0 Å². The molecule has 5 heteroatoms. The van der Waals surface area contributed by atoms with Crippen LogP contribution in [-0.4, -0.2) is 50.2 Å². The molecule has 1 aliphatic rings. The van der Waals surface area contributed by atoms with Gasteiger partial charge in [-0.25, -0.2) is 0 Å². The highest BCUT2D eigenvalue weighted by atomic mass is 35.5. The number of hydrogen-bond acceptors (Lipinski definition) is 3. The summed E-state index contributed by atoms with van der Waals surface area (Å²) in [6.45, 7) is 7.28. The van der Waals surface area contributed by atoms with Gasteiger partial charge in [-0.05, 0) is 25.8 Å². The van der Waals surface area contributed by atoms with E-state index < -0.39 is 0 Å². The van der Waals surface area contributed by atoms with Gasteiger partial charge in [0.1, 0.15) is 0 Å². The summed E-state index contributed by atoms with van der Waals surface area (Å²) in [7, 11) is 1.96. The predicted octanol–water partition coefficient (Wildman–Crippen LogP) is 1.68. The van der Waals surface area contributed by atoms with E-state index in [2.05, 4.69) is 19.2 Å². The number of halogens is 1. The van der Waals surface area contributed by atoms with Gasteiger partial charge in [-0.2, -0.15) is 0 Å². The molecule has 1 unspecified atom stereocenters. The van der Waals surface area contributed by atoms with E-state index in [4.69, 9.17) is 4.74 Å². The van der Waals surface area contributed by atoms with Crippen molar-refractivity contribution in [2.75, 3.05) is 33.4 Å². The smallest absolute Gasteiger partial charge is 0.224 e.